The largest absolute Gasteiger partial charge is 0.481 e. The lowest BCUT2D eigenvalue weighted by atomic mass is 10.2. The van der Waals surface area contributed by atoms with Gasteiger partial charge in [0.05, 0.1) is 5.69 Å². The van der Waals surface area contributed by atoms with Crippen molar-refractivity contribution < 1.29 is 9.53 Å². The van der Waals surface area contributed by atoms with Crippen molar-refractivity contribution in [1.29, 1.82) is 0 Å². The van der Waals surface area contributed by atoms with E-state index in [0.717, 1.165) is 16.1 Å². The standard InChI is InChI=1S/C17H19NO2S/c1-12-8-10-14(11-9-12)20-13(2)17(19)18-15-6-4-5-7-16(15)21-3/h4-11,13H,1-3H3,(H,18,19)/t13-/m1/s1. The summed E-state index contributed by atoms with van der Waals surface area (Å²) >= 11 is 1.60. The number of para-hydroxylation sites is 1. The molecule has 0 aliphatic carbocycles. The molecule has 0 spiro atoms. The fraction of sp³-hybridized carbons (Fsp3) is 0.235. The molecule has 2 aromatic carbocycles. The van der Waals surface area contributed by atoms with Crippen molar-refractivity contribution in [2.45, 2.75) is 24.8 Å². The molecule has 0 saturated heterocycles. The Hall–Kier alpha value is -1.94. The molecule has 21 heavy (non-hydrogen) atoms. The molecule has 1 atom stereocenters. The predicted molar refractivity (Wildman–Crippen MR) is 88.1 cm³/mol. The molecule has 0 aromatic heterocycles. The van der Waals surface area contributed by atoms with Crippen LogP contribution in [0.15, 0.2) is 53.4 Å². The highest BCUT2D eigenvalue weighted by atomic mass is 32.2. The summed E-state index contributed by atoms with van der Waals surface area (Å²) in [7, 11) is 0. The first-order chi connectivity index (χ1) is 10.1. The van der Waals surface area contributed by atoms with E-state index in [1.54, 1.807) is 18.7 Å². The third-order valence-corrected chi connectivity index (χ3v) is 3.86. The third-order valence-electron chi connectivity index (χ3n) is 3.07. The molecule has 0 fully saturated rings. The van der Waals surface area contributed by atoms with Gasteiger partial charge in [-0.2, -0.15) is 0 Å². The van der Waals surface area contributed by atoms with Crippen LogP contribution in [0, 0.1) is 6.92 Å². The lowest BCUT2D eigenvalue weighted by molar-refractivity contribution is -0.122. The second-order valence-electron chi connectivity index (χ2n) is 4.76. The zero-order valence-corrected chi connectivity index (χ0v) is 13.2. The normalized spacial score (nSPS) is 11.8. The number of ether oxygens (including phenoxy) is 1. The molecule has 1 N–H and O–H groups in total. The Kier molecular flexibility index (Phi) is 5.28. The maximum absolute atomic E-state index is 12.2. The van der Waals surface area contributed by atoms with Gasteiger partial charge in [-0.1, -0.05) is 29.8 Å². The molecule has 0 bridgehead atoms. The number of carbonyl (C=O) groups is 1. The van der Waals surface area contributed by atoms with E-state index in [9.17, 15) is 4.79 Å². The number of anilines is 1. The van der Waals surface area contributed by atoms with Crippen LogP contribution in [0.1, 0.15) is 12.5 Å². The van der Waals surface area contributed by atoms with Gasteiger partial charge in [0, 0.05) is 4.90 Å². The second-order valence-corrected chi connectivity index (χ2v) is 5.61. The van der Waals surface area contributed by atoms with Gasteiger partial charge in [0.15, 0.2) is 6.10 Å². The maximum Gasteiger partial charge on any atom is 0.265 e. The fourth-order valence-corrected chi connectivity index (χ4v) is 2.41. The van der Waals surface area contributed by atoms with E-state index < -0.39 is 6.10 Å². The Morgan fingerprint density at radius 1 is 1.14 bits per heavy atom. The van der Waals surface area contributed by atoms with E-state index in [1.165, 1.54) is 0 Å². The quantitative estimate of drug-likeness (QED) is 0.844. The Bertz CT molecular complexity index is 610. The van der Waals surface area contributed by atoms with Crippen LogP contribution in [-0.2, 0) is 4.79 Å². The molecule has 3 nitrogen and oxygen atoms in total. The minimum Gasteiger partial charge on any atom is -0.481 e. The zero-order valence-electron chi connectivity index (χ0n) is 12.4. The van der Waals surface area contributed by atoms with E-state index in [1.807, 2.05) is 61.7 Å². The van der Waals surface area contributed by atoms with Crippen molar-refractivity contribution >= 4 is 23.4 Å². The average Bonchev–Trinajstić information content (AvgIpc) is 2.50. The van der Waals surface area contributed by atoms with Crippen molar-refractivity contribution in [3.8, 4) is 5.75 Å². The van der Waals surface area contributed by atoms with Crippen LogP contribution in [-0.4, -0.2) is 18.3 Å². The van der Waals surface area contributed by atoms with Crippen molar-refractivity contribution in [3.63, 3.8) is 0 Å². The van der Waals surface area contributed by atoms with Crippen molar-refractivity contribution in [1.82, 2.24) is 0 Å². The molecular weight excluding hydrogens is 282 g/mol. The third kappa shape index (κ3) is 4.26. The number of thioether (sulfide) groups is 1. The van der Waals surface area contributed by atoms with Gasteiger partial charge in [0.1, 0.15) is 5.75 Å². The van der Waals surface area contributed by atoms with E-state index in [4.69, 9.17) is 4.74 Å². The molecule has 2 aromatic rings. The highest BCUT2D eigenvalue weighted by Crippen LogP contribution is 2.25. The molecule has 2 rings (SSSR count). The topological polar surface area (TPSA) is 38.3 Å². The summed E-state index contributed by atoms with van der Waals surface area (Å²) in [6.07, 6.45) is 1.43. The van der Waals surface area contributed by atoms with Gasteiger partial charge in [-0.25, -0.2) is 0 Å². The summed E-state index contributed by atoms with van der Waals surface area (Å²) < 4.78 is 5.66. The number of benzene rings is 2. The molecule has 0 heterocycles. The first-order valence-electron chi connectivity index (χ1n) is 6.77. The Labute approximate surface area is 129 Å². The molecule has 0 radical (unpaired) electrons. The highest BCUT2D eigenvalue weighted by Gasteiger charge is 2.16. The summed E-state index contributed by atoms with van der Waals surface area (Å²) in [5.74, 6) is 0.540. The van der Waals surface area contributed by atoms with Gasteiger partial charge in [0.25, 0.3) is 5.91 Å². The fourth-order valence-electron chi connectivity index (χ4n) is 1.86. The summed E-state index contributed by atoms with van der Waals surface area (Å²) in [5.41, 5.74) is 1.97. The smallest absolute Gasteiger partial charge is 0.265 e. The van der Waals surface area contributed by atoms with E-state index >= 15 is 0 Å². The van der Waals surface area contributed by atoms with Crippen molar-refractivity contribution in [2.75, 3.05) is 11.6 Å². The maximum atomic E-state index is 12.2. The molecule has 4 heteroatoms. The van der Waals surface area contributed by atoms with Crippen LogP contribution in [0.5, 0.6) is 5.75 Å². The number of amides is 1. The molecule has 0 aliphatic heterocycles. The number of carbonyl (C=O) groups excluding carboxylic acids is 1. The second kappa shape index (κ2) is 7.18. The van der Waals surface area contributed by atoms with Crippen LogP contribution < -0.4 is 10.1 Å². The van der Waals surface area contributed by atoms with Gasteiger partial charge in [-0.15, -0.1) is 11.8 Å². The number of nitrogens with one attached hydrogen (secondary N) is 1. The number of hydrogen-bond acceptors (Lipinski definition) is 3. The van der Waals surface area contributed by atoms with Gasteiger partial charge in [-0.3, -0.25) is 4.79 Å². The van der Waals surface area contributed by atoms with E-state index in [0.29, 0.717) is 5.75 Å². The molecular formula is C17H19NO2S. The summed E-state index contributed by atoms with van der Waals surface area (Å²) in [5, 5.41) is 2.91. The number of hydrogen-bond donors (Lipinski definition) is 1. The van der Waals surface area contributed by atoms with Gasteiger partial charge >= 0.3 is 0 Å². The predicted octanol–water partition coefficient (Wildman–Crippen LogP) is 4.12. The Morgan fingerprint density at radius 3 is 2.48 bits per heavy atom. The first kappa shape index (κ1) is 15.4. The first-order valence-corrected chi connectivity index (χ1v) is 8.00. The molecule has 0 aliphatic rings. The Balaban J connectivity index is 2.01. The zero-order chi connectivity index (χ0) is 15.2. The Morgan fingerprint density at radius 2 is 1.81 bits per heavy atom. The van der Waals surface area contributed by atoms with Crippen LogP contribution in [0.2, 0.25) is 0 Å². The van der Waals surface area contributed by atoms with Gasteiger partial charge in [-0.05, 0) is 44.4 Å². The van der Waals surface area contributed by atoms with Crippen LogP contribution >= 0.6 is 11.8 Å². The molecule has 110 valence electrons. The van der Waals surface area contributed by atoms with E-state index in [-0.39, 0.29) is 5.91 Å². The minimum absolute atomic E-state index is 0.155. The average molecular weight is 301 g/mol. The minimum atomic E-state index is -0.553. The number of aryl methyl sites for hydroxylation is 1. The van der Waals surface area contributed by atoms with Crippen LogP contribution in [0.4, 0.5) is 5.69 Å². The van der Waals surface area contributed by atoms with E-state index in [2.05, 4.69) is 5.32 Å². The lowest BCUT2D eigenvalue weighted by Crippen LogP contribution is -2.30. The van der Waals surface area contributed by atoms with Gasteiger partial charge < -0.3 is 10.1 Å². The SMILES string of the molecule is CSc1ccccc1NC(=O)[C@@H](C)Oc1ccc(C)cc1. The molecule has 0 saturated carbocycles. The molecule has 1 amide bonds. The lowest BCUT2D eigenvalue weighted by Gasteiger charge is -2.16. The van der Waals surface area contributed by atoms with Crippen LogP contribution in [0.25, 0.3) is 0 Å². The summed E-state index contributed by atoms with van der Waals surface area (Å²) in [6, 6.07) is 15.4. The van der Waals surface area contributed by atoms with Crippen LogP contribution in [0.3, 0.4) is 0 Å². The monoisotopic (exact) mass is 301 g/mol. The summed E-state index contributed by atoms with van der Waals surface area (Å²) in [6.45, 7) is 3.76. The number of rotatable bonds is 5. The molecule has 0 unspecified atom stereocenters. The summed E-state index contributed by atoms with van der Waals surface area (Å²) in [4.78, 5) is 13.2. The van der Waals surface area contributed by atoms with Crippen molar-refractivity contribution in [3.05, 3.63) is 54.1 Å². The highest BCUT2D eigenvalue weighted by molar-refractivity contribution is 7.98. The van der Waals surface area contributed by atoms with Crippen molar-refractivity contribution in [2.24, 2.45) is 0 Å². The van der Waals surface area contributed by atoms with Gasteiger partial charge in [0.2, 0.25) is 0 Å².